The van der Waals surface area contributed by atoms with Gasteiger partial charge in [0, 0.05) is 13.2 Å². The van der Waals surface area contributed by atoms with E-state index in [0.29, 0.717) is 18.0 Å². The van der Waals surface area contributed by atoms with Crippen LogP contribution in [0.1, 0.15) is 5.69 Å². The van der Waals surface area contributed by atoms with Gasteiger partial charge in [0.1, 0.15) is 5.75 Å². The van der Waals surface area contributed by atoms with E-state index in [1.54, 1.807) is 66.9 Å². The third-order valence-electron chi connectivity index (χ3n) is 4.16. The standard InChI is InChI=1S/C21H21N3O4S/c1-24(29(26,27)20-8-3-2-4-9-20)18-10-12-19(13-11-18)28-16-21(25)23-15-17-7-5-6-14-22-17/h2-14H,15-16H2,1H3,(H,23,25). The minimum atomic E-state index is -3.64. The summed E-state index contributed by atoms with van der Waals surface area (Å²) in [7, 11) is -2.15. The highest BCUT2D eigenvalue weighted by atomic mass is 32.2. The monoisotopic (exact) mass is 411 g/mol. The number of carbonyl (C=O) groups excluding carboxylic acids is 1. The van der Waals surface area contributed by atoms with Gasteiger partial charge in [-0.05, 0) is 48.5 Å². The molecule has 0 saturated carbocycles. The molecular weight excluding hydrogens is 390 g/mol. The number of hydrogen-bond acceptors (Lipinski definition) is 5. The fourth-order valence-electron chi connectivity index (χ4n) is 2.53. The molecule has 3 rings (SSSR count). The molecule has 0 fully saturated rings. The molecule has 29 heavy (non-hydrogen) atoms. The van der Waals surface area contributed by atoms with Gasteiger partial charge >= 0.3 is 0 Å². The number of nitrogens with one attached hydrogen (secondary N) is 1. The highest BCUT2D eigenvalue weighted by Crippen LogP contribution is 2.24. The number of rotatable bonds is 8. The second kappa shape index (κ2) is 9.20. The van der Waals surface area contributed by atoms with Crippen LogP contribution in [0.25, 0.3) is 0 Å². The van der Waals surface area contributed by atoms with Crippen molar-refractivity contribution in [1.82, 2.24) is 10.3 Å². The number of amides is 1. The molecule has 0 saturated heterocycles. The van der Waals surface area contributed by atoms with Crippen LogP contribution in [0.4, 0.5) is 5.69 Å². The Morgan fingerprint density at radius 3 is 2.34 bits per heavy atom. The van der Waals surface area contributed by atoms with Gasteiger partial charge < -0.3 is 10.1 Å². The maximum Gasteiger partial charge on any atom is 0.264 e. The first-order chi connectivity index (χ1) is 14.0. The predicted octanol–water partition coefficient (Wildman–Crippen LogP) is 2.60. The molecule has 1 aromatic heterocycles. The summed E-state index contributed by atoms with van der Waals surface area (Å²) in [5.74, 6) is 0.191. The van der Waals surface area contributed by atoms with E-state index in [9.17, 15) is 13.2 Å². The topological polar surface area (TPSA) is 88.6 Å². The van der Waals surface area contributed by atoms with Crippen LogP contribution in [0.5, 0.6) is 5.75 Å². The maximum absolute atomic E-state index is 12.7. The van der Waals surface area contributed by atoms with Crippen molar-refractivity contribution >= 4 is 21.6 Å². The zero-order chi connectivity index (χ0) is 20.7. The summed E-state index contributed by atoms with van der Waals surface area (Å²) < 4.78 is 32.0. The Morgan fingerprint density at radius 1 is 1.00 bits per heavy atom. The lowest BCUT2D eigenvalue weighted by Gasteiger charge is -2.19. The van der Waals surface area contributed by atoms with Gasteiger partial charge in [-0.1, -0.05) is 24.3 Å². The smallest absolute Gasteiger partial charge is 0.264 e. The molecule has 1 amide bonds. The molecule has 1 heterocycles. The zero-order valence-corrected chi connectivity index (χ0v) is 16.7. The number of hydrogen-bond donors (Lipinski definition) is 1. The molecule has 2 aromatic carbocycles. The van der Waals surface area contributed by atoms with E-state index in [2.05, 4.69) is 10.3 Å². The van der Waals surface area contributed by atoms with E-state index in [4.69, 9.17) is 4.74 Å². The summed E-state index contributed by atoms with van der Waals surface area (Å²) in [6, 6.07) is 20.2. The molecule has 0 spiro atoms. The molecule has 0 bridgehead atoms. The number of ether oxygens (including phenoxy) is 1. The fourth-order valence-corrected chi connectivity index (χ4v) is 3.75. The summed E-state index contributed by atoms with van der Waals surface area (Å²) in [4.78, 5) is 16.2. The van der Waals surface area contributed by atoms with Crippen molar-refractivity contribution in [3.8, 4) is 5.75 Å². The van der Waals surface area contributed by atoms with Gasteiger partial charge in [-0.3, -0.25) is 14.1 Å². The van der Waals surface area contributed by atoms with E-state index in [1.165, 1.54) is 11.4 Å². The number of nitrogens with zero attached hydrogens (tertiary/aromatic N) is 2. The number of sulfonamides is 1. The first-order valence-electron chi connectivity index (χ1n) is 8.90. The summed E-state index contributed by atoms with van der Waals surface area (Å²) in [6.07, 6.45) is 1.66. The SMILES string of the molecule is CN(c1ccc(OCC(=O)NCc2ccccn2)cc1)S(=O)(=O)c1ccccc1. The van der Waals surface area contributed by atoms with Crippen LogP contribution in [0.2, 0.25) is 0 Å². The Kier molecular flexibility index (Phi) is 6.46. The highest BCUT2D eigenvalue weighted by molar-refractivity contribution is 7.92. The second-order valence-corrected chi connectivity index (χ2v) is 8.14. The molecule has 7 nitrogen and oxygen atoms in total. The van der Waals surface area contributed by atoms with Crippen LogP contribution in [0.3, 0.4) is 0 Å². The fraction of sp³-hybridized carbons (Fsp3) is 0.143. The Balaban J connectivity index is 1.55. The van der Waals surface area contributed by atoms with Crippen LogP contribution in [0, 0.1) is 0 Å². The summed E-state index contributed by atoms with van der Waals surface area (Å²) in [5, 5.41) is 2.72. The second-order valence-electron chi connectivity index (χ2n) is 6.17. The third-order valence-corrected chi connectivity index (χ3v) is 5.96. The van der Waals surface area contributed by atoms with Crippen LogP contribution in [-0.2, 0) is 21.4 Å². The first kappa shape index (κ1) is 20.3. The number of pyridine rings is 1. The van der Waals surface area contributed by atoms with Gasteiger partial charge in [-0.25, -0.2) is 8.42 Å². The zero-order valence-electron chi connectivity index (χ0n) is 15.9. The van der Waals surface area contributed by atoms with Gasteiger partial charge in [0.05, 0.1) is 22.8 Å². The molecule has 150 valence electrons. The Labute approximate surface area is 170 Å². The lowest BCUT2D eigenvalue weighted by Crippen LogP contribution is -2.28. The summed E-state index contributed by atoms with van der Waals surface area (Å²) in [6.45, 7) is 0.175. The molecular formula is C21H21N3O4S. The van der Waals surface area contributed by atoms with Crippen molar-refractivity contribution in [3.63, 3.8) is 0 Å². The molecule has 8 heteroatoms. The molecule has 0 atom stereocenters. The molecule has 0 aliphatic carbocycles. The van der Waals surface area contributed by atoms with E-state index in [0.717, 1.165) is 5.69 Å². The van der Waals surface area contributed by atoms with Crippen molar-refractivity contribution in [2.45, 2.75) is 11.4 Å². The van der Waals surface area contributed by atoms with Crippen molar-refractivity contribution in [3.05, 3.63) is 84.7 Å². The van der Waals surface area contributed by atoms with Crippen molar-refractivity contribution in [2.75, 3.05) is 18.0 Å². The van der Waals surface area contributed by atoms with Gasteiger partial charge in [0.25, 0.3) is 15.9 Å². The predicted molar refractivity (Wildman–Crippen MR) is 110 cm³/mol. The number of benzene rings is 2. The van der Waals surface area contributed by atoms with Gasteiger partial charge in [-0.15, -0.1) is 0 Å². The Morgan fingerprint density at radius 2 is 1.69 bits per heavy atom. The van der Waals surface area contributed by atoms with Crippen molar-refractivity contribution in [2.24, 2.45) is 0 Å². The van der Waals surface area contributed by atoms with Crippen LogP contribution in [-0.4, -0.2) is 33.0 Å². The lowest BCUT2D eigenvalue weighted by molar-refractivity contribution is -0.123. The van der Waals surface area contributed by atoms with Crippen molar-refractivity contribution < 1.29 is 17.9 Å². The Bertz CT molecular complexity index is 1040. The first-order valence-corrected chi connectivity index (χ1v) is 10.3. The van der Waals surface area contributed by atoms with Crippen LogP contribution >= 0.6 is 0 Å². The summed E-state index contributed by atoms with van der Waals surface area (Å²) >= 11 is 0. The maximum atomic E-state index is 12.7. The normalized spacial score (nSPS) is 10.9. The molecule has 0 aliphatic heterocycles. The Hall–Kier alpha value is -3.39. The van der Waals surface area contributed by atoms with Crippen LogP contribution in [0.15, 0.2) is 83.9 Å². The summed E-state index contributed by atoms with van der Waals surface area (Å²) in [5.41, 5.74) is 1.24. The largest absolute Gasteiger partial charge is 0.484 e. The van der Waals surface area contributed by atoms with E-state index in [1.807, 2.05) is 12.1 Å². The van der Waals surface area contributed by atoms with Crippen LogP contribution < -0.4 is 14.4 Å². The van der Waals surface area contributed by atoms with Crippen molar-refractivity contribution in [1.29, 1.82) is 0 Å². The number of carbonyl (C=O) groups is 1. The lowest BCUT2D eigenvalue weighted by atomic mass is 10.3. The van der Waals surface area contributed by atoms with E-state index >= 15 is 0 Å². The van der Waals surface area contributed by atoms with E-state index in [-0.39, 0.29) is 17.4 Å². The number of anilines is 1. The quantitative estimate of drug-likeness (QED) is 0.616. The average Bonchev–Trinajstić information content (AvgIpc) is 2.77. The minimum Gasteiger partial charge on any atom is -0.484 e. The molecule has 0 radical (unpaired) electrons. The number of aromatic nitrogens is 1. The molecule has 0 aliphatic rings. The average molecular weight is 411 g/mol. The van der Waals surface area contributed by atoms with Gasteiger partial charge in [0.15, 0.2) is 6.61 Å². The van der Waals surface area contributed by atoms with Gasteiger partial charge in [-0.2, -0.15) is 0 Å². The van der Waals surface area contributed by atoms with E-state index < -0.39 is 10.0 Å². The molecule has 0 unspecified atom stereocenters. The third kappa shape index (κ3) is 5.32. The molecule has 1 N–H and O–H groups in total. The van der Waals surface area contributed by atoms with Gasteiger partial charge in [0.2, 0.25) is 0 Å². The highest BCUT2D eigenvalue weighted by Gasteiger charge is 2.20. The minimum absolute atomic E-state index is 0.148. The molecule has 3 aromatic rings.